The molecule has 0 spiro atoms. The van der Waals surface area contributed by atoms with Crippen molar-refractivity contribution in [1.29, 1.82) is 0 Å². The van der Waals surface area contributed by atoms with Crippen LogP contribution in [0.2, 0.25) is 0 Å². The van der Waals surface area contributed by atoms with Gasteiger partial charge in [-0.3, -0.25) is 4.79 Å². The summed E-state index contributed by atoms with van der Waals surface area (Å²) in [5.74, 6) is -0.532. The van der Waals surface area contributed by atoms with Gasteiger partial charge in [0, 0.05) is 6.04 Å². The van der Waals surface area contributed by atoms with Gasteiger partial charge in [0.1, 0.15) is 0 Å². The van der Waals surface area contributed by atoms with Gasteiger partial charge in [0.25, 0.3) is 5.91 Å². The SMILES string of the molecule is CCOc1cc(/C=C(/C(=O)OCC(=O)NC2CC2)c2ccccc2)ccc1O. The molecule has 3 rings (SSSR count). The van der Waals surface area contributed by atoms with Crippen molar-refractivity contribution in [3.05, 3.63) is 59.7 Å². The summed E-state index contributed by atoms with van der Waals surface area (Å²) in [4.78, 5) is 24.5. The molecule has 2 aromatic carbocycles. The largest absolute Gasteiger partial charge is 0.504 e. The second kappa shape index (κ2) is 9.08. The number of ether oxygens (including phenoxy) is 2. The third kappa shape index (κ3) is 5.36. The highest BCUT2D eigenvalue weighted by atomic mass is 16.5. The van der Waals surface area contributed by atoms with E-state index in [2.05, 4.69) is 5.32 Å². The van der Waals surface area contributed by atoms with Crippen LogP contribution in [0.15, 0.2) is 48.5 Å². The maximum absolute atomic E-state index is 12.7. The van der Waals surface area contributed by atoms with E-state index in [0.29, 0.717) is 29.1 Å². The molecule has 2 N–H and O–H groups in total. The maximum Gasteiger partial charge on any atom is 0.339 e. The summed E-state index contributed by atoms with van der Waals surface area (Å²) in [6.07, 6.45) is 3.59. The summed E-state index contributed by atoms with van der Waals surface area (Å²) in [6, 6.07) is 14.1. The first-order chi connectivity index (χ1) is 13.6. The van der Waals surface area contributed by atoms with Gasteiger partial charge in [-0.2, -0.15) is 0 Å². The van der Waals surface area contributed by atoms with Crippen LogP contribution in [0.1, 0.15) is 30.9 Å². The monoisotopic (exact) mass is 381 g/mol. The third-order valence-corrected chi connectivity index (χ3v) is 4.18. The van der Waals surface area contributed by atoms with E-state index in [9.17, 15) is 14.7 Å². The fourth-order valence-corrected chi connectivity index (χ4v) is 2.64. The molecule has 1 fully saturated rings. The van der Waals surface area contributed by atoms with Crippen LogP contribution in [0, 0.1) is 0 Å². The number of hydrogen-bond donors (Lipinski definition) is 2. The summed E-state index contributed by atoms with van der Waals surface area (Å²) in [7, 11) is 0. The van der Waals surface area contributed by atoms with E-state index in [1.165, 1.54) is 6.07 Å². The van der Waals surface area contributed by atoms with Crippen molar-refractivity contribution in [2.45, 2.75) is 25.8 Å². The average Bonchev–Trinajstić information content (AvgIpc) is 3.51. The van der Waals surface area contributed by atoms with Gasteiger partial charge in [-0.15, -0.1) is 0 Å². The number of rotatable bonds is 8. The molecule has 6 heteroatoms. The van der Waals surface area contributed by atoms with E-state index < -0.39 is 5.97 Å². The van der Waals surface area contributed by atoms with Gasteiger partial charge in [-0.05, 0) is 49.1 Å². The average molecular weight is 381 g/mol. The minimum atomic E-state index is -0.594. The van der Waals surface area contributed by atoms with Gasteiger partial charge >= 0.3 is 5.97 Å². The molecule has 0 heterocycles. The summed E-state index contributed by atoms with van der Waals surface area (Å²) in [5, 5.41) is 12.7. The molecule has 0 atom stereocenters. The lowest BCUT2D eigenvalue weighted by Crippen LogP contribution is -2.30. The van der Waals surface area contributed by atoms with E-state index in [4.69, 9.17) is 9.47 Å². The van der Waals surface area contributed by atoms with Crippen molar-refractivity contribution in [3.63, 3.8) is 0 Å². The lowest BCUT2D eigenvalue weighted by molar-refractivity contribution is -0.142. The lowest BCUT2D eigenvalue weighted by atomic mass is 10.0. The standard InChI is InChI=1S/C22H23NO5/c1-2-27-20-13-15(8-11-19(20)24)12-18(16-6-4-3-5-7-16)22(26)28-14-21(25)23-17-9-10-17/h3-8,11-13,17,24H,2,9-10,14H2,1H3,(H,23,25)/b18-12+. The van der Waals surface area contributed by atoms with Crippen LogP contribution in [0.4, 0.5) is 0 Å². The molecule has 1 amide bonds. The Morgan fingerprint density at radius 3 is 2.61 bits per heavy atom. The minimum Gasteiger partial charge on any atom is -0.504 e. The van der Waals surface area contributed by atoms with Crippen LogP contribution in [0.5, 0.6) is 11.5 Å². The van der Waals surface area contributed by atoms with Crippen molar-refractivity contribution < 1.29 is 24.2 Å². The van der Waals surface area contributed by atoms with Crippen molar-refractivity contribution in [1.82, 2.24) is 5.32 Å². The molecule has 0 bridgehead atoms. The number of phenols is 1. The van der Waals surface area contributed by atoms with Gasteiger partial charge in [0.2, 0.25) is 0 Å². The second-order valence-corrected chi connectivity index (χ2v) is 6.50. The fraction of sp³-hybridized carbons (Fsp3) is 0.273. The molecular formula is C22H23NO5. The fourth-order valence-electron chi connectivity index (χ4n) is 2.64. The van der Waals surface area contributed by atoms with Crippen LogP contribution in [-0.2, 0) is 14.3 Å². The molecule has 0 radical (unpaired) electrons. The first-order valence-corrected chi connectivity index (χ1v) is 9.26. The van der Waals surface area contributed by atoms with Crippen LogP contribution >= 0.6 is 0 Å². The molecule has 28 heavy (non-hydrogen) atoms. The molecule has 2 aromatic rings. The van der Waals surface area contributed by atoms with Crippen molar-refractivity contribution in [3.8, 4) is 11.5 Å². The number of phenolic OH excluding ortho intramolecular Hbond substituents is 1. The molecule has 6 nitrogen and oxygen atoms in total. The Hall–Kier alpha value is -3.28. The van der Waals surface area contributed by atoms with E-state index in [1.807, 2.05) is 25.1 Å². The smallest absolute Gasteiger partial charge is 0.339 e. The van der Waals surface area contributed by atoms with Gasteiger partial charge in [0.15, 0.2) is 18.1 Å². The highest BCUT2D eigenvalue weighted by molar-refractivity contribution is 6.21. The lowest BCUT2D eigenvalue weighted by Gasteiger charge is -2.10. The number of benzene rings is 2. The third-order valence-electron chi connectivity index (χ3n) is 4.18. The zero-order chi connectivity index (χ0) is 19.9. The molecular weight excluding hydrogens is 358 g/mol. The number of amides is 1. The molecule has 1 aliphatic rings. The van der Waals surface area contributed by atoms with Crippen LogP contribution in [0.3, 0.4) is 0 Å². The molecule has 146 valence electrons. The zero-order valence-electron chi connectivity index (χ0n) is 15.7. The Labute approximate surface area is 163 Å². The maximum atomic E-state index is 12.7. The Kier molecular flexibility index (Phi) is 6.32. The Balaban J connectivity index is 1.82. The van der Waals surface area contributed by atoms with Gasteiger partial charge in [-0.25, -0.2) is 4.79 Å². The van der Waals surface area contributed by atoms with Crippen molar-refractivity contribution >= 4 is 23.5 Å². The summed E-state index contributed by atoms with van der Waals surface area (Å²) in [6.45, 7) is 1.91. The highest BCUT2D eigenvalue weighted by Gasteiger charge is 2.24. The van der Waals surface area contributed by atoms with E-state index >= 15 is 0 Å². The zero-order valence-corrected chi connectivity index (χ0v) is 15.7. The Bertz CT molecular complexity index is 872. The Morgan fingerprint density at radius 1 is 1.18 bits per heavy atom. The number of nitrogens with one attached hydrogen (secondary N) is 1. The number of esters is 1. The van der Waals surface area contributed by atoms with Crippen LogP contribution in [0.25, 0.3) is 11.6 Å². The topological polar surface area (TPSA) is 84.9 Å². The first kappa shape index (κ1) is 19.5. The van der Waals surface area contributed by atoms with Crippen molar-refractivity contribution in [2.24, 2.45) is 0 Å². The number of aromatic hydroxyl groups is 1. The predicted octanol–water partition coefficient (Wildman–Crippen LogP) is 3.15. The second-order valence-electron chi connectivity index (χ2n) is 6.50. The van der Waals surface area contributed by atoms with Gasteiger partial charge < -0.3 is 19.9 Å². The quantitative estimate of drug-likeness (QED) is 0.417. The number of hydrogen-bond acceptors (Lipinski definition) is 5. The predicted molar refractivity (Wildman–Crippen MR) is 106 cm³/mol. The normalized spacial score (nSPS) is 13.7. The number of carbonyl (C=O) groups excluding carboxylic acids is 2. The molecule has 0 aliphatic heterocycles. The van der Waals surface area contributed by atoms with Crippen molar-refractivity contribution in [2.75, 3.05) is 13.2 Å². The molecule has 0 aromatic heterocycles. The van der Waals surface area contributed by atoms with E-state index in [0.717, 1.165) is 12.8 Å². The summed E-state index contributed by atoms with van der Waals surface area (Å²) < 4.78 is 10.6. The highest BCUT2D eigenvalue weighted by Crippen LogP contribution is 2.29. The molecule has 0 unspecified atom stereocenters. The van der Waals surface area contributed by atoms with Gasteiger partial charge in [-0.1, -0.05) is 36.4 Å². The van der Waals surface area contributed by atoms with Gasteiger partial charge in [0.05, 0.1) is 12.2 Å². The van der Waals surface area contributed by atoms with E-state index in [-0.39, 0.29) is 24.3 Å². The summed E-state index contributed by atoms with van der Waals surface area (Å²) >= 11 is 0. The van der Waals surface area contributed by atoms with Crippen LogP contribution in [-0.4, -0.2) is 36.2 Å². The van der Waals surface area contributed by atoms with Crippen LogP contribution < -0.4 is 10.1 Å². The molecule has 0 saturated heterocycles. The van der Waals surface area contributed by atoms with E-state index in [1.54, 1.807) is 30.3 Å². The first-order valence-electron chi connectivity index (χ1n) is 9.26. The summed E-state index contributed by atoms with van der Waals surface area (Å²) in [5.41, 5.74) is 1.65. The molecule has 1 saturated carbocycles. The Morgan fingerprint density at radius 2 is 1.93 bits per heavy atom. The number of carbonyl (C=O) groups is 2. The minimum absolute atomic E-state index is 0.0274. The molecule has 1 aliphatic carbocycles.